The summed E-state index contributed by atoms with van der Waals surface area (Å²) < 4.78 is 5.46. The van der Waals surface area contributed by atoms with Gasteiger partial charge in [0.2, 0.25) is 11.9 Å². The summed E-state index contributed by atoms with van der Waals surface area (Å²) in [7, 11) is 0. The molecule has 6 nitrogen and oxygen atoms in total. The molecule has 0 saturated carbocycles. The number of nitrogens with one attached hydrogen (secondary N) is 1. The molecule has 0 aromatic carbocycles. The van der Waals surface area contributed by atoms with Crippen molar-refractivity contribution in [3.8, 4) is 0 Å². The molecule has 0 bridgehead atoms. The van der Waals surface area contributed by atoms with E-state index in [1.165, 1.54) is 0 Å². The van der Waals surface area contributed by atoms with Crippen molar-refractivity contribution >= 4 is 11.9 Å². The number of hydrogen-bond acceptors (Lipinski definition) is 5. The largest absolute Gasteiger partial charge is 0.381 e. The summed E-state index contributed by atoms with van der Waals surface area (Å²) >= 11 is 0. The van der Waals surface area contributed by atoms with E-state index >= 15 is 0 Å². The lowest BCUT2D eigenvalue weighted by Crippen LogP contribution is -2.40. The lowest BCUT2D eigenvalue weighted by atomic mass is 9.96. The molecule has 1 unspecified atom stereocenters. The number of anilines is 1. The van der Waals surface area contributed by atoms with E-state index in [2.05, 4.69) is 29.0 Å². The highest BCUT2D eigenvalue weighted by molar-refractivity contribution is 5.79. The minimum Gasteiger partial charge on any atom is -0.381 e. The summed E-state index contributed by atoms with van der Waals surface area (Å²) in [6.07, 6.45) is 8.97. The number of nitrogens with zero attached hydrogens (tertiary/aromatic N) is 3. The fraction of sp³-hybridized carbons (Fsp3) is 0.762. The van der Waals surface area contributed by atoms with Gasteiger partial charge >= 0.3 is 0 Å². The fourth-order valence-electron chi connectivity index (χ4n) is 4.22. The Hall–Kier alpha value is -1.69. The molecule has 2 fully saturated rings. The van der Waals surface area contributed by atoms with Crippen molar-refractivity contribution in [1.82, 2.24) is 15.3 Å². The van der Waals surface area contributed by atoms with Crippen LogP contribution >= 0.6 is 0 Å². The third-order valence-corrected chi connectivity index (χ3v) is 5.77. The monoisotopic (exact) mass is 374 g/mol. The predicted molar refractivity (Wildman–Crippen MR) is 107 cm³/mol. The zero-order valence-corrected chi connectivity index (χ0v) is 16.8. The molecule has 6 heteroatoms. The lowest BCUT2D eigenvalue weighted by Gasteiger charge is -2.23. The van der Waals surface area contributed by atoms with E-state index in [-0.39, 0.29) is 17.9 Å². The minimum absolute atomic E-state index is 0.155. The molecule has 27 heavy (non-hydrogen) atoms. The van der Waals surface area contributed by atoms with Gasteiger partial charge in [0.1, 0.15) is 0 Å². The standard InChI is InChI=1S/C21H34N4O2/c1-3-5-17(6-4-2)20(26)23-18-8-12-25(15-18)21-22-11-7-19(24-21)16-9-13-27-14-10-16/h7,11,16-18H,3-6,8-10,12-15H2,1-2H3,(H,23,26). The number of aromatic nitrogens is 2. The Morgan fingerprint density at radius 3 is 2.70 bits per heavy atom. The van der Waals surface area contributed by atoms with Crippen LogP contribution in [0.5, 0.6) is 0 Å². The second kappa shape index (κ2) is 10.0. The van der Waals surface area contributed by atoms with Gasteiger partial charge < -0.3 is 15.0 Å². The van der Waals surface area contributed by atoms with Crippen molar-refractivity contribution < 1.29 is 9.53 Å². The Morgan fingerprint density at radius 1 is 1.26 bits per heavy atom. The van der Waals surface area contributed by atoms with Crippen LogP contribution in [0, 0.1) is 5.92 Å². The molecule has 2 saturated heterocycles. The zero-order valence-electron chi connectivity index (χ0n) is 16.8. The van der Waals surface area contributed by atoms with Gasteiger partial charge in [0.05, 0.1) is 0 Å². The summed E-state index contributed by atoms with van der Waals surface area (Å²) in [5, 5.41) is 3.27. The van der Waals surface area contributed by atoms with Crippen LogP contribution in [-0.4, -0.2) is 48.2 Å². The molecule has 2 aliphatic rings. The van der Waals surface area contributed by atoms with Crippen LogP contribution in [0.3, 0.4) is 0 Å². The van der Waals surface area contributed by atoms with Crippen LogP contribution in [0.25, 0.3) is 0 Å². The third kappa shape index (κ3) is 5.41. The zero-order chi connectivity index (χ0) is 19.1. The number of hydrogen-bond donors (Lipinski definition) is 1. The summed E-state index contributed by atoms with van der Waals surface area (Å²) in [6.45, 7) is 7.63. The predicted octanol–water partition coefficient (Wildman–Crippen LogP) is 3.28. The van der Waals surface area contributed by atoms with E-state index in [4.69, 9.17) is 9.72 Å². The molecule has 150 valence electrons. The van der Waals surface area contributed by atoms with Crippen LogP contribution in [0.4, 0.5) is 5.95 Å². The first kappa shape index (κ1) is 20.1. The van der Waals surface area contributed by atoms with E-state index < -0.39 is 0 Å². The maximum absolute atomic E-state index is 12.6. The van der Waals surface area contributed by atoms with E-state index in [1.54, 1.807) is 0 Å². The van der Waals surface area contributed by atoms with Gasteiger partial charge in [-0.3, -0.25) is 4.79 Å². The first-order valence-corrected chi connectivity index (χ1v) is 10.7. The number of rotatable bonds is 8. The molecule has 1 N–H and O–H groups in total. The van der Waals surface area contributed by atoms with Crippen molar-refractivity contribution in [1.29, 1.82) is 0 Å². The highest BCUT2D eigenvalue weighted by atomic mass is 16.5. The molecule has 1 atom stereocenters. The van der Waals surface area contributed by atoms with E-state index in [9.17, 15) is 4.79 Å². The van der Waals surface area contributed by atoms with Gasteiger partial charge in [0, 0.05) is 56.1 Å². The normalized spacial score (nSPS) is 21.0. The molecule has 1 amide bonds. The van der Waals surface area contributed by atoms with Gasteiger partial charge in [-0.15, -0.1) is 0 Å². The van der Waals surface area contributed by atoms with E-state index in [0.717, 1.165) is 82.9 Å². The quantitative estimate of drug-likeness (QED) is 0.756. The number of carbonyl (C=O) groups excluding carboxylic acids is 1. The Balaban J connectivity index is 1.56. The van der Waals surface area contributed by atoms with Crippen LogP contribution in [0.1, 0.15) is 70.4 Å². The van der Waals surface area contributed by atoms with Crippen molar-refractivity contribution in [2.45, 2.75) is 70.8 Å². The topological polar surface area (TPSA) is 67.4 Å². The average Bonchev–Trinajstić information content (AvgIpc) is 3.17. The molecule has 3 heterocycles. The first-order chi connectivity index (χ1) is 13.2. The third-order valence-electron chi connectivity index (χ3n) is 5.77. The number of ether oxygens (including phenoxy) is 1. The molecule has 1 aromatic rings. The first-order valence-electron chi connectivity index (χ1n) is 10.7. The highest BCUT2D eigenvalue weighted by Crippen LogP contribution is 2.27. The Bertz CT molecular complexity index is 598. The van der Waals surface area contributed by atoms with Gasteiger partial charge in [0.15, 0.2) is 0 Å². The molecule has 0 aliphatic carbocycles. The smallest absolute Gasteiger partial charge is 0.225 e. The summed E-state index contributed by atoms with van der Waals surface area (Å²) in [6, 6.07) is 2.23. The Morgan fingerprint density at radius 2 is 2.00 bits per heavy atom. The highest BCUT2D eigenvalue weighted by Gasteiger charge is 2.28. The van der Waals surface area contributed by atoms with Crippen LogP contribution in [0.2, 0.25) is 0 Å². The van der Waals surface area contributed by atoms with Gasteiger partial charge in [-0.25, -0.2) is 9.97 Å². The lowest BCUT2D eigenvalue weighted by molar-refractivity contribution is -0.126. The maximum atomic E-state index is 12.6. The number of carbonyl (C=O) groups is 1. The van der Waals surface area contributed by atoms with E-state index in [1.807, 2.05) is 12.3 Å². The molecule has 0 spiro atoms. The Kier molecular flexibility index (Phi) is 7.44. The van der Waals surface area contributed by atoms with Gasteiger partial charge in [0.25, 0.3) is 0 Å². The molecule has 2 aliphatic heterocycles. The summed E-state index contributed by atoms with van der Waals surface area (Å²) in [5.74, 6) is 1.65. The van der Waals surface area contributed by atoms with Crippen molar-refractivity contribution in [2.75, 3.05) is 31.2 Å². The second-order valence-electron chi connectivity index (χ2n) is 7.88. The molecule has 1 aromatic heterocycles. The molecular formula is C21H34N4O2. The van der Waals surface area contributed by atoms with Crippen molar-refractivity contribution in [3.63, 3.8) is 0 Å². The van der Waals surface area contributed by atoms with Gasteiger partial charge in [-0.1, -0.05) is 26.7 Å². The van der Waals surface area contributed by atoms with Crippen LogP contribution < -0.4 is 10.2 Å². The SMILES string of the molecule is CCCC(CCC)C(=O)NC1CCN(c2nccc(C3CCOCC3)n2)C1. The second-order valence-corrected chi connectivity index (χ2v) is 7.88. The maximum Gasteiger partial charge on any atom is 0.225 e. The number of amides is 1. The van der Waals surface area contributed by atoms with Crippen LogP contribution in [0.15, 0.2) is 12.3 Å². The molecule has 0 radical (unpaired) electrons. The minimum atomic E-state index is 0.155. The van der Waals surface area contributed by atoms with Crippen LogP contribution in [-0.2, 0) is 9.53 Å². The van der Waals surface area contributed by atoms with E-state index in [0.29, 0.717) is 5.92 Å². The average molecular weight is 375 g/mol. The van der Waals surface area contributed by atoms with Crippen molar-refractivity contribution in [3.05, 3.63) is 18.0 Å². The molecule has 3 rings (SSSR count). The summed E-state index contributed by atoms with van der Waals surface area (Å²) in [4.78, 5) is 24.1. The summed E-state index contributed by atoms with van der Waals surface area (Å²) in [5.41, 5.74) is 1.13. The fourth-order valence-corrected chi connectivity index (χ4v) is 4.22. The van der Waals surface area contributed by atoms with Gasteiger partial charge in [-0.05, 0) is 38.2 Å². The molecular weight excluding hydrogens is 340 g/mol. The van der Waals surface area contributed by atoms with Crippen molar-refractivity contribution in [2.24, 2.45) is 5.92 Å². The Labute approximate surface area is 163 Å². The van der Waals surface area contributed by atoms with Gasteiger partial charge in [-0.2, -0.15) is 0 Å².